The van der Waals surface area contributed by atoms with E-state index in [4.69, 9.17) is 5.11 Å². The number of hydrogen-bond acceptors (Lipinski definition) is 6. The molecule has 1 saturated carbocycles. The van der Waals surface area contributed by atoms with E-state index in [1.807, 2.05) is 35.4 Å². The third-order valence-corrected chi connectivity index (χ3v) is 9.43. The topological polar surface area (TPSA) is 102 Å². The van der Waals surface area contributed by atoms with Crippen LogP contribution in [0.1, 0.15) is 51.0 Å². The zero-order chi connectivity index (χ0) is 25.3. The van der Waals surface area contributed by atoms with Crippen molar-refractivity contribution in [1.29, 1.82) is 0 Å². The van der Waals surface area contributed by atoms with E-state index in [0.717, 1.165) is 41.5 Å². The maximum absolute atomic E-state index is 13.9. The van der Waals surface area contributed by atoms with Crippen LogP contribution in [-0.4, -0.2) is 70.4 Å². The van der Waals surface area contributed by atoms with Gasteiger partial charge in [-0.2, -0.15) is 0 Å². The molecule has 0 bridgehead atoms. The first-order valence-electron chi connectivity index (χ1n) is 13.1. The van der Waals surface area contributed by atoms with Gasteiger partial charge in [-0.1, -0.05) is 18.2 Å². The van der Waals surface area contributed by atoms with Crippen molar-refractivity contribution in [1.82, 2.24) is 20.7 Å². The van der Waals surface area contributed by atoms with E-state index in [-0.39, 0.29) is 24.7 Å². The molecule has 2 saturated heterocycles. The maximum Gasteiger partial charge on any atom is 0.303 e. The highest BCUT2D eigenvalue weighted by molar-refractivity contribution is 7.17. The highest BCUT2D eigenvalue weighted by atomic mass is 32.1. The summed E-state index contributed by atoms with van der Waals surface area (Å²) in [4.78, 5) is 42.0. The van der Waals surface area contributed by atoms with Crippen molar-refractivity contribution in [3.05, 3.63) is 35.2 Å². The van der Waals surface area contributed by atoms with Gasteiger partial charge >= 0.3 is 5.97 Å². The van der Waals surface area contributed by atoms with Gasteiger partial charge in [-0.3, -0.25) is 25.2 Å². The molecular weight excluding hydrogens is 476 g/mol. The molecule has 3 fully saturated rings. The number of hydrogen-bond donors (Lipinski definition) is 3. The number of carbonyl (C=O) groups is 3. The normalized spacial score (nSPS) is 27.5. The first kappa shape index (κ1) is 25.2. The Labute approximate surface area is 216 Å². The number of nitrogens with zero attached hydrogens (tertiary/aromatic N) is 2. The first-order valence-corrected chi connectivity index (χ1v) is 14.0. The average molecular weight is 513 g/mol. The van der Waals surface area contributed by atoms with E-state index in [0.29, 0.717) is 50.4 Å². The quantitative estimate of drug-likeness (QED) is 0.478. The second-order valence-electron chi connectivity index (χ2n) is 10.8. The van der Waals surface area contributed by atoms with Crippen molar-refractivity contribution in [3.8, 4) is 0 Å². The zero-order valence-electron chi connectivity index (χ0n) is 20.9. The Morgan fingerprint density at radius 2 is 2.08 bits per heavy atom. The lowest BCUT2D eigenvalue weighted by Gasteiger charge is -2.51. The molecule has 8 nitrogen and oxygen atoms in total. The average Bonchev–Trinajstić information content (AvgIpc) is 3.48. The number of carboxylic acid groups (broad SMARTS) is 1. The molecule has 4 unspecified atom stereocenters. The Hall–Kier alpha value is -2.49. The van der Waals surface area contributed by atoms with Gasteiger partial charge in [0.2, 0.25) is 11.8 Å². The third kappa shape index (κ3) is 5.01. The van der Waals surface area contributed by atoms with Gasteiger partial charge in [-0.05, 0) is 73.3 Å². The lowest BCUT2D eigenvalue weighted by molar-refractivity contribution is -0.164. The number of fused-ring (bicyclic) bond motifs is 2. The lowest BCUT2D eigenvalue weighted by Crippen LogP contribution is -2.68. The molecule has 1 aromatic heterocycles. The van der Waals surface area contributed by atoms with Gasteiger partial charge in [0, 0.05) is 43.3 Å². The van der Waals surface area contributed by atoms with Crippen molar-refractivity contribution in [3.63, 3.8) is 0 Å². The van der Waals surface area contributed by atoms with Gasteiger partial charge in [0.05, 0.1) is 6.42 Å². The molecule has 1 aliphatic carbocycles. The van der Waals surface area contributed by atoms with Gasteiger partial charge in [0.25, 0.3) is 0 Å². The van der Waals surface area contributed by atoms with Crippen LogP contribution in [0.5, 0.6) is 0 Å². The summed E-state index contributed by atoms with van der Waals surface area (Å²) in [7, 11) is 0. The maximum atomic E-state index is 13.9. The molecule has 3 N–H and O–H groups in total. The van der Waals surface area contributed by atoms with Crippen molar-refractivity contribution in [2.45, 2.75) is 63.5 Å². The monoisotopic (exact) mass is 512 g/mol. The summed E-state index contributed by atoms with van der Waals surface area (Å²) in [6, 6.07) is 8.52. The smallest absolute Gasteiger partial charge is 0.303 e. The highest BCUT2D eigenvalue weighted by Gasteiger charge is 2.51. The fourth-order valence-corrected chi connectivity index (χ4v) is 7.15. The summed E-state index contributed by atoms with van der Waals surface area (Å²) in [5.41, 5.74) is 6.78. The Balaban J connectivity index is 1.27. The van der Waals surface area contributed by atoms with Crippen LogP contribution in [0.3, 0.4) is 0 Å². The third-order valence-electron chi connectivity index (χ3n) is 8.42. The second kappa shape index (κ2) is 10.5. The Kier molecular flexibility index (Phi) is 7.32. The summed E-state index contributed by atoms with van der Waals surface area (Å²) in [6.45, 7) is 4.48. The van der Waals surface area contributed by atoms with Crippen LogP contribution in [0, 0.1) is 11.8 Å². The molecule has 2 amide bonds. The minimum atomic E-state index is -0.865. The molecule has 2 aromatic rings. The van der Waals surface area contributed by atoms with Crippen LogP contribution in [0.25, 0.3) is 10.1 Å². The minimum Gasteiger partial charge on any atom is -0.481 e. The van der Waals surface area contributed by atoms with Crippen molar-refractivity contribution >= 4 is 39.2 Å². The predicted octanol–water partition coefficient (Wildman–Crippen LogP) is 3.02. The largest absolute Gasteiger partial charge is 0.481 e. The first-order chi connectivity index (χ1) is 17.3. The van der Waals surface area contributed by atoms with E-state index in [9.17, 15) is 14.4 Å². The highest BCUT2D eigenvalue weighted by Crippen LogP contribution is 2.36. The Morgan fingerprint density at radius 3 is 2.86 bits per heavy atom. The molecule has 3 aliphatic rings. The number of hydrazine groups is 1. The van der Waals surface area contributed by atoms with E-state index in [1.54, 1.807) is 16.2 Å². The minimum absolute atomic E-state index is 0.0205. The number of carbonyl (C=O) groups excluding carboxylic acids is 2. The molecule has 3 heterocycles. The molecule has 0 spiro atoms. The molecule has 1 aromatic carbocycles. The standard InChI is InChI=1S/C27H36N4O4S/c1-27(10-12-31(27)24(32)14-20-17-36-23-6-3-2-5-21(20)23)26(35)30(11-4-7-25(33)34)16-18-8-9-19-15-28-29-22(19)13-18/h2-3,5-6,17-19,22,28-29H,4,7-16H2,1H3,(H,33,34). The van der Waals surface area contributed by atoms with Crippen LogP contribution in [-0.2, 0) is 20.8 Å². The van der Waals surface area contributed by atoms with Gasteiger partial charge in [0.15, 0.2) is 0 Å². The second-order valence-corrected chi connectivity index (χ2v) is 11.7. The molecule has 2 aliphatic heterocycles. The number of rotatable bonds is 9. The van der Waals surface area contributed by atoms with Crippen molar-refractivity contribution in [2.24, 2.45) is 11.8 Å². The summed E-state index contributed by atoms with van der Waals surface area (Å²) in [5, 5.41) is 12.3. The summed E-state index contributed by atoms with van der Waals surface area (Å²) < 4.78 is 1.16. The summed E-state index contributed by atoms with van der Waals surface area (Å²) in [5.74, 6) is 0.106. The number of likely N-dealkylation sites (tertiary alicyclic amines) is 1. The van der Waals surface area contributed by atoms with E-state index in [2.05, 4.69) is 16.9 Å². The molecular formula is C27H36N4O4S. The number of aliphatic carboxylic acids is 1. The number of amides is 2. The van der Waals surface area contributed by atoms with E-state index < -0.39 is 11.5 Å². The Morgan fingerprint density at radius 1 is 1.25 bits per heavy atom. The molecule has 5 rings (SSSR count). The van der Waals surface area contributed by atoms with Gasteiger partial charge < -0.3 is 14.9 Å². The SMILES string of the molecule is CC1(C(=O)N(CCCC(=O)O)CC2CCC3CNNC3C2)CCN1C(=O)Cc1csc2ccccc12. The van der Waals surface area contributed by atoms with Gasteiger partial charge in [-0.25, -0.2) is 0 Å². The van der Waals surface area contributed by atoms with Crippen LogP contribution in [0.2, 0.25) is 0 Å². The van der Waals surface area contributed by atoms with Crippen LogP contribution in [0.4, 0.5) is 0 Å². The lowest BCUT2D eigenvalue weighted by atomic mass is 9.78. The number of thiophene rings is 1. The van der Waals surface area contributed by atoms with Crippen LogP contribution < -0.4 is 10.9 Å². The van der Waals surface area contributed by atoms with Crippen molar-refractivity contribution < 1.29 is 19.5 Å². The molecule has 0 radical (unpaired) electrons. The molecule has 194 valence electrons. The molecule has 9 heteroatoms. The summed E-state index contributed by atoms with van der Waals surface area (Å²) in [6.07, 6.45) is 4.58. The number of nitrogens with one attached hydrogen (secondary N) is 2. The fraction of sp³-hybridized carbons (Fsp3) is 0.593. The molecule has 36 heavy (non-hydrogen) atoms. The number of carboxylic acids is 1. The predicted molar refractivity (Wildman–Crippen MR) is 139 cm³/mol. The fourth-order valence-electron chi connectivity index (χ4n) is 6.19. The van der Waals surface area contributed by atoms with Crippen LogP contribution >= 0.6 is 11.3 Å². The number of benzene rings is 1. The van der Waals surface area contributed by atoms with E-state index >= 15 is 0 Å². The van der Waals surface area contributed by atoms with E-state index in [1.165, 1.54) is 0 Å². The Bertz CT molecular complexity index is 1140. The zero-order valence-corrected chi connectivity index (χ0v) is 21.7. The van der Waals surface area contributed by atoms with Gasteiger partial charge in [0.1, 0.15) is 5.54 Å². The summed E-state index contributed by atoms with van der Waals surface area (Å²) >= 11 is 1.64. The van der Waals surface area contributed by atoms with Crippen molar-refractivity contribution in [2.75, 3.05) is 26.2 Å². The van der Waals surface area contributed by atoms with Gasteiger partial charge in [-0.15, -0.1) is 11.3 Å². The van der Waals surface area contributed by atoms with Crippen LogP contribution in [0.15, 0.2) is 29.6 Å². The molecule has 4 atom stereocenters.